The molecule has 1 aromatic rings. The lowest BCUT2D eigenvalue weighted by molar-refractivity contribution is 0.482. The van der Waals surface area contributed by atoms with Crippen molar-refractivity contribution in [3.05, 3.63) is 15.9 Å². The molecule has 1 rings (SSSR count). The fourth-order valence-corrected chi connectivity index (χ4v) is 2.84. The summed E-state index contributed by atoms with van der Waals surface area (Å²) >= 11 is 3.67. The van der Waals surface area contributed by atoms with Crippen LogP contribution in [0, 0.1) is 5.92 Å². The van der Waals surface area contributed by atoms with Gasteiger partial charge in [-0.3, -0.25) is 4.68 Å². The highest BCUT2D eigenvalue weighted by atomic mass is 79.9. The summed E-state index contributed by atoms with van der Waals surface area (Å²) < 4.78 is 3.24. The third-order valence-corrected chi connectivity index (χ3v) is 4.18. The fourth-order valence-electron chi connectivity index (χ4n) is 2.11. The van der Waals surface area contributed by atoms with Crippen molar-refractivity contribution in [2.24, 2.45) is 11.7 Å². The maximum absolute atomic E-state index is 6.24. The summed E-state index contributed by atoms with van der Waals surface area (Å²) in [4.78, 5) is 0. The first-order chi connectivity index (χ1) is 8.49. The normalized spacial score (nSPS) is 13.3. The lowest BCUT2D eigenvalue weighted by Crippen LogP contribution is -2.25. The minimum Gasteiger partial charge on any atom is -0.327 e. The SMILES string of the molecule is CCc1nn(CC)c(CC(N)CCC(C)C)c1Br. The van der Waals surface area contributed by atoms with Crippen molar-refractivity contribution >= 4 is 15.9 Å². The summed E-state index contributed by atoms with van der Waals surface area (Å²) in [5.74, 6) is 0.724. The highest BCUT2D eigenvalue weighted by molar-refractivity contribution is 9.10. The largest absolute Gasteiger partial charge is 0.327 e. The van der Waals surface area contributed by atoms with Crippen LogP contribution in [0.3, 0.4) is 0 Å². The Morgan fingerprint density at radius 2 is 1.94 bits per heavy atom. The second-order valence-electron chi connectivity index (χ2n) is 5.31. The maximum atomic E-state index is 6.24. The third-order valence-electron chi connectivity index (χ3n) is 3.26. The molecule has 2 N–H and O–H groups in total. The molecule has 18 heavy (non-hydrogen) atoms. The summed E-state index contributed by atoms with van der Waals surface area (Å²) in [5, 5.41) is 4.61. The molecule has 0 spiro atoms. The summed E-state index contributed by atoms with van der Waals surface area (Å²) in [7, 11) is 0. The molecule has 1 atom stereocenters. The molecule has 0 aliphatic rings. The van der Waals surface area contributed by atoms with Crippen molar-refractivity contribution in [1.82, 2.24) is 9.78 Å². The van der Waals surface area contributed by atoms with Gasteiger partial charge in [-0.1, -0.05) is 20.8 Å². The minimum absolute atomic E-state index is 0.232. The molecule has 0 aliphatic heterocycles. The van der Waals surface area contributed by atoms with E-state index in [1.807, 2.05) is 0 Å². The average Bonchev–Trinajstić information content (AvgIpc) is 2.63. The molecule has 1 heterocycles. The van der Waals surface area contributed by atoms with Crippen LogP contribution >= 0.6 is 15.9 Å². The molecule has 0 radical (unpaired) electrons. The quantitative estimate of drug-likeness (QED) is 0.836. The van der Waals surface area contributed by atoms with E-state index in [2.05, 4.69) is 53.4 Å². The smallest absolute Gasteiger partial charge is 0.0766 e. The Morgan fingerprint density at radius 3 is 2.44 bits per heavy atom. The number of hydrogen-bond acceptors (Lipinski definition) is 2. The van der Waals surface area contributed by atoms with Gasteiger partial charge in [0.1, 0.15) is 0 Å². The zero-order valence-electron chi connectivity index (χ0n) is 12.0. The number of nitrogens with two attached hydrogens (primary N) is 1. The number of halogens is 1. The number of aromatic nitrogens is 2. The highest BCUT2D eigenvalue weighted by Crippen LogP contribution is 2.24. The molecule has 0 bridgehead atoms. The van der Waals surface area contributed by atoms with Crippen molar-refractivity contribution in [2.45, 2.75) is 66.0 Å². The Kier molecular flexibility index (Phi) is 6.36. The van der Waals surface area contributed by atoms with E-state index < -0.39 is 0 Å². The van der Waals surface area contributed by atoms with Gasteiger partial charge in [0.2, 0.25) is 0 Å². The zero-order chi connectivity index (χ0) is 13.7. The number of rotatable bonds is 7. The summed E-state index contributed by atoms with van der Waals surface area (Å²) in [6.07, 6.45) is 4.15. The van der Waals surface area contributed by atoms with Gasteiger partial charge in [-0.05, 0) is 48.0 Å². The molecule has 4 heteroatoms. The van der Waals surface area contributed by atoms with Crippen LogP contribution in [0.5, 0.6) is 0 Å². The van der Waals surface area contributed by atoms with Gasteiger partial charge in [-0.25, -0.2) is 0 Å². The first-order valence-electron chi connectivity index (χ1n) is 6.99. The van der Waals surface area contributed by atoms with E-state index >= 15 is 0 Å². The van der Waals surface area contributed by atoms with Crippen molar-refractivity contribution in [2.75, 3.05) is 0 Å². The predicted octanol–water partition coefficient (Wildman–Crippen LogP) is 3.53. The number of nitrogens with zero attached hydrogens (tertiary/aromatic N) is 2. The van der Waals surface area contributed by atoms with Crippen LogP contribution in [-0.4, -0.2) is 15.8 Å². The van der Waals surface area contributed by atoms with E-state index in [0.717, 1.165) is 41.9 Å². The van der Waals surface area contributed by atoms with Crippen LogP contribution in [0.15, 0.2) is 4.47 Å². The van der Waals surface area contributed by atoms with Crippen LogP contribution in [0.4, 0.5) is 0 Å². The summed E-state index contributed by atoms with van der Waals surface area (Å²) in [6.45, 7) is 9.66. The van der Waals surface area contributed by atoms with Gasteiger partial charge in [0, 0.05) is 19.0 Å². The van der Waals surface area contributed by atoms with E-state index in [4.69, 9.17) is 5.73 Å². The van der Waals surface area contributed by atoms with Crippen LogP contribution < -0.4 is 5.73 Å². The van der Waals surface area contributed by atoms with E-state index in [1.165, 1.54) is 12.1 Å². The lowest BCUT2D eigenvalue weighted by atomic mass is 10.0. The van der Waals surface area contributed by atoms with E-state index in [1.54, 1.807) is 0 Å². The molecular formula is C14H26BrN3. The van der Waals surface area contributed by atoms with Crippen LogP contribution in [0.2, 0.25) is 0 Å². The van der Waals surface area contributed by atoms with Gasteiger partial charge in [-0.15, -0.1) is 0 Å². The number of hydrogen-bond donors (Lipinski definition) is 1. The molecule has 1 aromatic heterocycles. The average molecular weight is 316 g/mol. The molecule has 0 fully saturated rings. The predicted molar refractivity (Wildman–Crippen MR) is 80.7 cm³/mol. The van der Waals surface area contributed by atoms with Crippen molar-refractivity contribution in [3.8, 4) is 0 Å². The zero-order valence-corrected chi connectivity index (χ0v) is 13.6. The molecule has 0 aromatic carbocycles. The lowest BCUT2D eigenvalue weighted by Gasteiger charge is -2.14. The van der Waals surface area contributed by atoms with Crippen molar-refractivity contribution in [1.29, 1.82) is 0 Å². The fraction of sp³-hybridized carbons (Fsp3) is 0.786. The van der Waals surface area contributed by atoms with E-state index in [0.29, 0.717) is 0 Å². The van der Waals surface area contributed by atoms with Gasteiger partial charge in [-0.2, -0.15) is 5.10 Å². The first-order valence-corrected chi connectivity index (χ1v) is 7.78. The van der Waals surface area contributed by atoms with Crippen LogP contribution in [-0.2, 0) is 19.4 Å². The molecule has 0 aliphatic carbocycles. The second-order valence-corrected chi connectivity index (χ2v) is 6.11. The topological polar surface area (TPSA) is 43.8 Å². The monoisotopic (exact) mass is 315 g/mol. The molecular weight excluding hydrogens is 290 g/mol. The van der Waals surface area contributed by atoms with Gasteiger partial charge >= 0.3 is 0 Å². The van der Waals surface area contributed by atoms with Crippen molar-refractivity contribution < 1.29 is 0 Å². The van der Waals surface area contributed by atoms with E-state index in [9.17, 15) is 0 Å². The second kappa shape index (κ2) is 7.29. The molecule has 3 nitrogen and oxygen atoms in total. The maximum Gasteiger partial charge on any atom is 0.0766 e. The van der Waals surface area contributed by atoms with Gasteiger partial charge < -0.3 is 5.73 Å². The molecule has 0 saturated heterocycles. The van der Waals surface area contributed by atoms with E-state index in [-0.39, 0.29) is 6.04 Å². The number of aryl methyl sites for hydroxylation is 2. The van der Waals surface area contributed by atoms with Crippen molar-refractivity contribution in [3.63, 3.8) is 0 Å². The first kappa shape index (κ1) is 15.7. The van der Waals surface area contributed by atoms with Gasteiger partial charge in [0.15, 0.2) is 0 Å². The Hall–Kier alpha value is -0.350. The standard InChI is InChI=1S/C14H26BrN3/c1-5-12-14(15)13(18(6-2)17-12)9-11(16)8-7-10(3)4/h10-11H,5-9,16H2,1-4H3. The third kappa shape index (κ3) is 4.09. The van der Waals surface area contributed by atoms with Gasteiger partial charge in [0.25, 0.3) is 0 Å². The highest BCUT2D eigenvalue weighted by Gasteiger charge is 2.16. The Bertz CT molecular complexity index is 371. The van der Waals surface area contributed by atoms with Crippen LogP contribution in [0.25, 0.3) is 0 Å². The summed E-state index contributed by atoms with van der Waals surface area (Å²) in [6, 6.07) is 0.232. The molecule has 0 amide bonds. The van der Waals surface area contributed by atoms with Gasteiger partial charge in [0.05, 0.1) is 15.9 Å². The Balaban J connectivity index is 2.73. The summed E-state index contributed by atoms with van der Waals surface area (Å²) in [5.41, 5.74) is 8.63. The molecule has 0 saturated carbocycles. The van der Waals surface area contributed by atoms with Crippen LogP contribution in [0.1, 0.15) is 51.9 Å². The molecule has 1 unspecified atom stereocenters. The Morgan fingerprint density at radius 1 is 1.28 bits per heavy atom. The minimum atomic E-state index is 0.232. The molecule has 104 valence electrons. The Labute approximate surface area is 119 Å².